The van der Waals surface area contributed by atoms with Gasteiger partial charge in [0.1, 0.15) is 28.5 Å². The zero-order chi connectivity index (χ0) is 27.8. The second-order valence-corrected chi connectivity index (χ2v) is 10.6. The molecule has 5 rings (SSSR count). The van der Waals surface area contributed by atoms with Gasteiger partial charge in [-0.3, -0.25) is 4.79 Å². The van der Waals surface area contributed by atoms with Crippen molar-refractivity contribution in [3.63, 3.8) is 0 Å². The molecule has 2 N–H and O–H groups in total. The van der Waals surface area contributed by atoms with Crippen LogP contribution in [0.5, 0.6) is 0 Å². The van der Waals surface area contributed by atoms with Crippen LogP contribution in [0.1, 0.15) is 49.3 Å². The molecule has 10 heteroatoms. The Balaban J connectivity index is 1.59. The van der Waals surface area contributed by atoms with Gasteiger partial charge in [0.2, 0.25) is 5.91 Å². The number of hydrogen-bond acceptors (Lipinski definition) is 6. The number of likely N-dealkylation sites (N-methyl/N-ethyl adjacent to an activating group) is 1. The van der Waals surface area contributed by atoms with E-state index in [1.165, 1.54) is 12.1 Å². The van der Waals surface area contributed by atoms with Crippen LogP contribution in [0.25, 0.3) is 10.9 Å². The van der Waals surface area contributed by atoms with Crippen LogP contribution in [0, 0.1) is 12.7 Å². The zero-order valence-electron chi connectivity index (χ0n) is 21.8. The van der Waals surface area contributed by atoms with Crippen LogP contribution >= 0.6 is 0 Å². The van der Waals surface area contributed by atoms with Crippen molar-refractivity contribution in [3.05, 3.63) is 70.8 Å². The first kappa shape index (κ1) is 26.1. The topological polar surface area (TPSA) is 87.6 Å². The number of carbonyl (C=O) groups is 1. The smallest absolute Gasteiger partial charge is 0.303 e. The summed E-state index contributed by atoms with van der Waals surface area (Å²) in [4.78, 5) is 23.9. The van der Waals surface area contributed by atoms with E-state index in [9.17, 15) is 18.7 Å². The highest BCUT2D eigenvalue weighted by atomic mass is 19.3. The van der Waals surface area contributed by atoms with E-state index >= 15 is 4.39 Å². The van der Waals surface area contributed by atoms with Crippen molar-refractivity contribution in [3.8, 4) is 0 Å². The van der Waals surface area contributed by atoms with E-state index in [1.54, 1.807) is 31.9 Å². The van der Waals surface area contributed by atoms with Crippen LogP contribution in [0.2, 0.25) is 0 Å². The van der Waals surface area contributed by atoms with E-state index in [0.29, 0.717) is 40.4 Å². The lowest BCUT2D eigenvalue weighted by Gasteiger charge is -2.30. The van der Waals surface area contributed by atoms with Crippen LogP contribution in [0.15, 0.2) is 42.5 Å². The lowest BCUT2D eigenvalue weighted by atomic mass is 9.78. The van der Waals surface area contributed by atoms with Crippen LogP contribution in [0.3, 0.4) is 0 Å². The Kier molecular flexibility index (Phi) is 5.85. The molecule has 2 aliphatic heterocycles. The number of amides is 1. The molecular weight excluding hydrogens is 497 g/mol. The molecule has 1 amide bonds. The number of ether oxygens (including phenoxy) is 1. The van der Waals surface area contributed by atoms with Gasteiger partial charge in [-0.2, -0.15) is 8.78 Å². The summed E-state index contributed by atoms with van der Waals surface area (Å²) >= 11 is 0. The minimum absolute atomic E-state index is 0.0114. The number of hydrogen-bond donors (Lipinski definition) is 2. The zero-order valence-corrected chi connectivity index (χ0v) is 21.8. The SMILES string of the molecule is C=C1COC[C@@]12C(=O)N(C)c1cc3c(N[C@H](C)c4cccc(C(F)(F)C(C)(C)O)c4F)nc(C)nc3cc12. The Morgan fingerprint density at radius 1 is 1.26 bits per heavy atom. The average molecular weight is 527 g/mol. The highest BCUT2D eigenvalue weighted by Crippen LogP contribution is 2.50. The number of fused-ring (bicyclic) bond motifs is 3. The van der Waals surface area contributed by atoms with E-state index in [4.69, 9.17) is 4.74 Å². The van der Waals surface area contributed by atoms with Crippen molar-refractivity contribution < 1.29 is 27.8 Å². The van der Waals surface area contributed by atoms with Crippen LogP contribution in [-0.4, -0.2) is 46.8 Å². The minimum atomic E-state index is -3.81. The Labute approximate surface area is 218 Å². The fourth-order valence-electron chi connectivity index (χ4n) is 5.29. The van der Waals surface area contributed by atoms with Crippen molar-refractivity contribution in [1.29, 1.82) is 0 Å². The van der Waals surface area contributed by atoms with Crippen molar-refractivity contribution in [1.82, 2.24) is 9.97 Å². The van der Waals surface area contributed by atoms with Gasteiger partial charge >= 0.3 is 5.92 Å². The fraction of sp³-hybridized carbons (Fsp3) is 0.393. The number of carbonyl (C=O) groups excluding carboxylic acids is 1. The molecule has 1 aromatic heterocycles. The third-order valence-electron chi connectivity index (χ3n) is 7.57. The number of aliphatic hydroxyl groups is 1. The molecule has 0 radical (unpaired) electrons. The highest BCUT2D eigenvalue weighted by Gasteiger charge is 2.55. The predicted octanol–water partition coefficient (Wildman–Crippen LogP) is 4.91. The van der Waals surface area contributed by atoms with Gasteiger partial charge in [0.25, 0.3) is 0 Å². The summed E-state index contributed by atoms with van der Waals surface area (Å²) in [6.07, 6.45) is 0. The van der Waals surface area contributed by atoms with Crippen molar-refractivity contribution in [2.75, 3.05) is 30.5 Å². The van der Waals surface area contributed by atoms with Gasteiger partial charge in [0.05, 0.1) is 30.3 Å². The molecule has 7 nitrogen and oxygen atoms in total. The molecule has 0 bridgehead atoms. The summed E-state index contributed by atoms with van der Waals surface area (Å²) in [5.74, 6) is -4.26. The molecule has 38 heavy (non-hydrogen) atoms. The molecule has 1 saturated heterocycles. The van der Waals surface area contributed by atoms with Crippen LogP contribution in [0.4, 0.5) is 24.7 Å². The van der Waals surface area contributed by atoms with Crippen molar-refractivity contribution >= 4 is 28.3 Å². The van der Waals surface area contributed by atoms with E-state index in [1.807, 2.05) is 6.07 Å². The molecule has 3 heterocycles. The molecule has 1 fully saturated rings. The summed E-state index contributed by atoms with van der Waals surface area (Å²) in [7, 11) is 1.68. The normalized spacial score (nSPS) is 20.5. The summed E-state index contributed by atoms with van der Waals surface area (Å²) in [6.45, 7) is 9.79. The summed E-state index contributed by atoms with van der Waals surface area (Å²) < 4.78 is 50.6. The number of rotatable bonds is 5. The molecule has 2 atom stereocenters. The maximum atomic E-state index is 15.4. The van der Waals surface area contributed by atoms with Gasteiger partial charge in [-0.1, -0.05) is 18.7 Å². The fourth-order valence-corrected chi connectivity index (χ4v) is 5.29. The second kappa shape index (κ2) is 8.51. The van der Waals surface area contributed by atoms with Gasteiger partial charge in [-0.05, 0) is 51.5 Å². The van der Waals surface area contributed by atoms with E-state index in [0.717, 1.165) is 25.5 Å². The molecule has 2 aromatic carbocycles. The number of halogens is 3. The Morgan fingerprint density at radius 2 is 1.97 bits per heavy atom. The molecule has 3 aromatic rings. The lowest BCUT2D eigenvalue weighted by Crippen LogP contribution is -2.41. The molecular formula is C28H29F3N4O3. The number of aryl methyl sites for hydroxylation is 1. The number of anilines is 2. The van der Waals surface area contributed by atoms with Gasteiger partial charge < -0.3 is 20.1 Å². The Bertz CT molecular complexity index is 1500. The van der Waals surface area contributed by atoms with E-state index in [-0.39, 0.29) is 18.1 Å². The average Bonchev–Trinajstić information content (AvgIpc) is 3.31. The Hall–Kier alpha value is -3.50. The first-order valence-corrected chi connectivity index (χ1v) is 12.2. The Morgan fingerprint density at radius 3 is 2.61 bits per heavy atom. The first-order chi connectivity index (χ1) is 17.7. The molecule has 2 aliphatic rings. The molecule has 0 aliphatic carbocycles. The minimum Gasteiger partial charge on any atom is -0.384 e. The molecule has 1 spiro atoms. The third kappa shape index (κ3) is 3.61. The van der Waals surface area contributed by atoms with Crippen molar-refractivity contribution in [2.24, 2.45) is 0 Å². The first-order valence-electron chi connectivity index (χ1n) is 12.2. The van der Waals surface area contributed by atoms with E-state index in [2.05, 4.69) is 21.9 Å². The van der Waals surface area contributed by atoms with Crippen LogP contribution in [-0.2, 0) is 20.9 Å². The maximum Gasteiger partial charge on any atom is 0.303 e. The summed E-state index contributed by atoms with van der Waals surface area (Å²) in [5, 5.41) is 13.7. The van der Waals surface area contributed by atoms with Gasteiger partial charge in [0, 0.05) is 29.2 Å². The maximum absolute atomic E-state index is 15.4. The quantitative estimate of drug-likeness (QED) is 0.460. The number of aromatic nitrogens is 2. The number of benzene rings is 2. The van der Waals surface area contributed by atoms with Crippen molar-refractivity contribution in [2.45, 2.75) is 50.7 Å². The summed E-state index contributed by atoms with van der Waals surface area (Å²) in [6, 6.07) is 6.58. The lowest BCUT2D eigenvalue weighted by molar-refractivity contribution is -0.170. The van der Waals surface area contributed by atoms with Gasteiger partial charge in [0.15, 0.2) is 0 Å². The molecule has 0 saturated carbocycles. The predicted molar refractivity (Wildman–Crippen MR) is 138 cm³/mol. The molecule has 200 valence electrons. The number of alkyl halides is 2. The standard InChI is InChI=1S/C28H29F3N4O3/c1-14-12-38-13-27(14)20-11-21-18(10-22(20)35(6)25(27)36)24(34-16(3)33-21)32-15(2)17-8-7-9-19(23(17)29)28(30,31)26(4,5)37/h7-11,15,37H,1,12-13H2,2-6H3,(H,32,33,34)/t15-,27-/m1/s1. The number of nitrogens with zero attached hydrogens (tertiary/aromatic N) is 3. The largest absolute Gasteiger partial charge is 0.384 e. The second-order valence-electron chi connectivity index (χ2n) is 10.6. The van der Waals surface area contributed by atoms with Gasteiger partial charge in [-0.25, -0.2) is 14.4 Å². The molecule has 0 unspecified atom stereocenters. The number of nitrogens with one attached hydrogen (secondary N) is 1. The highest BCUT2D eigenvalue weighted by molar-refractivity contribution is 6.13. The summed E-state index contributed by atoms with van der Waals surface area (Å²) in [5.41, 5.74) is -1.66. The van der Waals surface area contributed by atoms with E-state index < -0.39 is 34.4 Å². The third-order valence-corrected chi connectivity index (χ3v) is 7.57. The van der Waals surface area contributed by atoms with Crippen LogP contribution < -0.4 is 10.2 Å². The monoisotopic (exact) mass is 526 g/mol. The van der Waals surface area contributed by atoms with Gasteiger partial charge in [-0.15, -0.1) is 0 Å².